The van der Waals surface area contributed by atoms with Crippen molar-refractivity contribution in [1.82, 2.24) is 9.97 Å². The minimum atomic E-state index is -1.02. The zero-order valence-electron chi connectivity index (χ0n) is 14.7. The monoisotopic (exact) mass is 367 g/mol. The average molecular weight is 367 g/mol. The van der Waals surface area contributed by atoms with E-state index in [1.54, 1.807) is 6.08 Å². The van der Waals surface area contributed by atoms with E-state index in [0.29, 0.717) is 5.75 Å². The van der Waals surface area contributed by atoms with Gasteiger partial charge in [0.05, 0.1) is 11.0 Å². The number of H-pyrrole nitrogens is 1. The molecule has 0 unspecified atom stereocenters. The Balaban J connectivity index is 2.10. The second-order valence-corrected chi connectivity index (χ2v) is 6.08. The fraction of sp³-hybridized carbons (Fsp3) is 0.158. The van der Waals surface area contributed by atoms with Crippen LogP contribution >= 0.6 is 0 Å². The van der Waals surface area contributed by atoms with Gasteiger partial charge in [-0.05, 0) is 42.8 Å². The van der Waals surface area contributed by atoms with Crippen molar-refractivity contribution in [2.45, 2.75) is 20.0 Å². The first kappa shape index (κ1) is 18.1. The van der Waals surface area contributed by atoms with Crippen LogP contribution in [0, 0.1) is 10.1 Å². The molecule has 3 aromatic rings. The van der Waals surface area contributed by atoms with Gasteiger partial charge in [-0.1, -0.05) is 30.3 Å². The van der Waals surface area contributed by atoms with Crippen LogP contribution in [0.15, 0.2) is 41.2 Å². The SMILES string of the molecule is CC(C)Oc1ccc2ccccc2c1/C=C/c1nc(O)c([N+](=O)[O-])c(=O)[nH]1. The second-order valence-electron chi connectivity index (χ2n) is 6.08. The van der Waals surface area contributed by atoms with Crippen LogP contribution in [0.3, 0.4) is 0 Å². The van der Waals surface area contributed by atoms with Gasteiger partial charge in [0.1, 0.15) is 11.6 Å². The molecule has 1 heterocycles. The molecule has 0 saturated carbocycles. The number of ether oxygens (including phenoxy) is 1. The van der Waals surface area contributed by atoms with Crippen LogP contribution in [0.5, 0.6) is 11.6 Å². The molecule has 1 aromatic heterocycles. The maximum Gasteiger partial charge on any atom is 0.395 e. The molecule has 0 aliphatic rings. The summed E-state index contributed by atoms with van der Waals surface area (Å²) in [5.74, 6) is -0.292. The van der Waals surface area contributed by atoms with E-state index in [2.05, 4.69) is 9.97 Å². The van der Waals surface area contributed by atoms with Crippen LogP contribution in [-0.2, 0) is 0 Å². The molecule has 0 spiro atoms. The molecule has 8 nitrogen and oxygen atoms in total. The summed E-state index contributed by atoms with van der Waals surface area (Å²) in [6, 6.07) is 11.5. The number of aromatic nitrogens is 2. The molecule has 2 N–H and O–H groups in total. The largest absolute Gasteiger partial charge is 0.490 e. The van der Waals surface area contributed by atoms with Crippen molar-refractivity contribution in [3.05, 3.63) is 68.3 Å². The lowest BCUT2D eigenvalue weighted by Gasteiger charge is -2.14. The molecule has 0 fully saturated rings. The Morgan fingerprint density at radius 2 is 1.96 bits per heavy atom. The highest BCUT2D eigenvalue weighted by atomic mass is 16.6. The Bertz CT molecular complexity index is 1100. The van der Waals surface area contributed by atoms with Gasteiger partial charge in [-0.2, -0.15) is 4.98 Å². The molecular formula is C19H17N3O5. The molecule has 0 atom stereocenters. The van der Waals surface area contributed by atoms with Crippen molar-refractivity contribution in [2.75, 3.05) is 0 Å². The van der Waals surface area contributed by atoms with Crippen LogP contribution in [0.4, 0.5) is 5.69 Å². The van der Waals surface area contributed by atoms with E-state index in [1.165, 1.54) is 6.08 Å². The maximum absolute atomic E-state index is 11.8. The van der Waals surface area contributed by atoms with E-state index in [4.69, 9.17) is 4.74 Å². The number of nitro groups is 1. The van der Waals surface area contributed by atoms with Crippen molar-refractivity contribution in [3.63, 3.8) is 0 Å². The van der Waals surface area contributed by atoms with Gasteiger partial charge in [0.15, 0.2) is 0 Å². The van der Waals surface area contributed by atoms with Crippen LogP contribution in [0.1, 0.15) is 25.2 Å². The van der Waals surface area contributed by atoms with Crippen LogP contribution in [-0.4, -0.2) is 26.1 Å². The number of nitrogens with one attached hydrogen (secondary N) is 1. The summed E-state index contributed by atoms with van der Waals surface area (Å²) in [6.45, 7) is 3.83. The third kappa shape index (κ3) is 3.79. The summed E-state index contributed by atoms with van der Waals surface area (Å²) in [5, 5.41) is 22.4. The van der Waals surface area contributed by atoms with Gasteiger partial charge >= 0.3 is 11.2 Å². The number of aromatic hydroxyl groups is 1. The Morgan fingerprint density at radius 3 is 2.63 bits per heavy atom. The molecule has 27 heavy (non-hydrogen) atoms. The Hall–Kier alpha value is -3.68. The molecule has 138 valence electrons. The zero-order valence-corrected chi connectivity index (χ0v) is 14.7. The number of nitrogens with zero attached hydrogens (tertiary/aromatic N) is 2. The highest BCUT2D eigenvalue weighted by molar-refractivity contribution is 5.95. The highest BCUT2D eigenvalue weighted by Gasteiger charge is 2.21. The second kappa shape index (κ2) is 7.28. The molecule has 0 saturated heterocycles. The van der Waals surface area contributed by atoms with Crippen LogP contribution < -0.4 is 10.3 Å². The van der Waals surface area contributed by atoms with Crippen molar-refractivity contribution in [3.8, 4) is 11.6 Å². The van der Waals surface area contributed by atoms with Crippen molar-refractivity contribution < 1.29 is 14.8 Å². The molecule has 0 bridgehead atoms. The van der Waals surface area contributed by atoms with E-state index in [1.807, 2.05) is 50.2 Å². The molecule has 2 aromatic carbocycles. The smallest absolute Gasteiger partial charge is 0.395 e. The molecule has 0 aliphatic heterocycles. The molecule has 3 rings (SSSR count). The fourth-order valence-electron chi connectivity index (χ4n) is 2.68. The van der Waals surface area contributed by atoms with Gasteiger partial charge < -0.3 is 14.8 Å². The van der Waals surface area contributed by atoms with Crippen LogP contribution in [0.25, 0.3) is 22.9 Å². The number of hydrogen-bond donors (Lipinski definition) is 2. The van der Waals surface area contributed by atoms with Crippen LogP contribution in [0.2, 0.25) is 0 Å². The molecule has 0 aliphatic carbocycles. The van der Waals surface area contributed by atoms with Crippen molar-refractivity contribution in [2.24, 2.45) is 0 Å². The number of hydrogen-bond acceptors (Lipinski definition) is 6. The third-order valence-corrected chi connectivity index (χ3v) is 3.78. The predicted octanol–water partition coefficient (Wildman–Crippen LogP) is 3.49. The first-order valence-corrected chi connectivity index (χ1v) is 8.21. The third-order valence-electron chi connectivity index (χ3n) is 3.78. The van der Waals surface area contributed by atoms with Gasteiger partial charge in [0.2, 0.25) is 0 Å². The first-order chi connectivity index (χ1) is 12.9. The lowest BCUT2D eigenvalue weighted by Crippen LogP contribution is -2.14. The van der Waals surface area contributed by atoms with Gasteiger partial charge in [-0.3, -0.25) is 14.9 Å². The summed E-state index contributed by atoms with van der Waals surface area (Å²) in [7, 11) is 0. The summed E-state index contributed by atoms with van der Waals surface area (Å²) < 4.78 is 5.86. The normalized spacial score (nSPS) is 11.4. The number of aromatic amines is 1. The quantitative estimate of drug-likeness (QED) is 0.526. The van der Waals surface area contributed by atoms with Gasteiger partial charge in [0.25, 0.3) is 5.88 Å². The first-order valence-electron chi connectivity index (χ1n) is 8.21. The molecule has 0 radical (unpaired) electrons. The van der Waals surface area contributed by atoms with E-state index in [0.717, 1.165) is 16.3 Å². The Labute approximate surface area is 153 Å². The fourth-order valence-corrected chi connectivity index (χ4v) is 2.68. The molecular weight excluding hydrogens is 350 g/mol. The maximum atomic E-state index is 11.8. The Kier molecular flexibility index (Phi) is 4.89. The summed E-state index contributed by atoms with van der Waals surface area (Å²) in [4.78, 5) is 27.5. The van der Waals surface area contributed by atoms with Crippen molar-refractivity contribution in [1.29, 1.82) is 0 Å². The highest BCUT2D eigenvalue weighted by Crippen LogP contribution is 2.30. The van der Waals surface area contributed by atoms with E-state index >= 15 is 0 Å². The van der Waals surface area contributed by atoms with Gasteiger partial charge in [0, 0.05) is 5.56 Å². The molecule has 0 amide bonds. The minimum absolute atomic E-state index is 0.00784. The summed E-state index contributed by atoms with van der Waals surface area (Å²) >= 11 is 0. The number of benzene rings is 2. The summed E-state index contributed by atoms with van der Waals surface area (Å²) in [6.07, 6.45) is 3.10. The number of rotatable bonds is 5. The minimum Gasteiger partial charge on any atom is -0.490 e. The molecule has 8 heteroatoms. The lowest BCUT2D eigenvalue weighted by atomic mass is 10.0. The van der Waals surface area contributed by atoms with E-state index in [-0.39, 0.29) is 11.9 Å². The standard InChI is InChI=1S/C19H17N3O5/c1-11(2)27-15-9-7-12-5-3-4-6-13(12)14(15)8-10-16-20-18(23)17(22(25)26)19(24)21-16/h3-11H,1-2H3,(H2,20,21,23,24)/b10-8+. The van der Waals surface area contributed by atoms with Crippen molar-refractivity contribution >= 4 is 28.6 Å². The summed E-state index contributed by atoms with van der Waals surface area (Å²) in [5.41, 5.74) is -1.24. The number of fused-ring (bicyclic) bond motifs is 1. The lowest BCUT2D eigenvalue weighted by molar-refractivity contribution is -0.387. The topological polar surface area (TPSA) is 118 Å². The zero-order chi connectivity index (χ0) is 19.6. The van der Waals surface area contributed by atoms with Gasteiger partial charge in [-0.15, -0.1) is 0 Å². The van der Waals surface area contributed by atoms with Gasteiger partial charge in [-0.25, -0.2) is 0 Å². The average Bonchev–Trinajstić information content (AvgIpc) is 2.59. The Morgan fingerprint density at radius 1 is 1.22 bits per heavy atom. The predicted molar refractivity (Wildman–Crippen MR) is 102 cm³/mol. The van der Waals surface area contributed by atoms with E-state index < -0.39 is 22.0 Å². The van der Waals surface area contributed by atoms with E-state index in [9.17, 15) is 20.0 Å².